The second-order valence-electron chi connectivity index (χ2n) is 35.2. The van der Waals surface area contributed by atoms with E-state index in [0.717, 1.165) is 151 Å². The Morgan fingerprint density at radius 3 is 0.576 bits per heavy atom. The van der Waals surface area contributed by atoms with Crippen LogP contribution in [0.3, 0.4) is 0 Å². The molecule has 144 heavy (non-hydrogen) atoms. The van der Waals surface area contributed by atoms with Crippen molar-refractivity contribution < 1.29 is 0 Å². The van der Waals surface area contributed by atoms with Gasteiger partial charge < -0.3 is 0 Å². The van der Waals surface area contributed by atoms with Crippen molar-refractivity contribution in [2.24, 2.45) is 0 Å². The predicted octanol–water partition coefficient (Wildman–Crippen LogP) is 34.5. The number of fused-ring (bicyclic) bond motifs is 3. The molecule has 0 aliphatic rings. The number of nitriles is 3. The molecule has 9 heteroatoms. The van der Waals surface area contributed by atoms with Gasteiger partial charge in [0.2, 0.25) is 0 Å². The lowest BCUT2D eigenvalue weighted by Crippen LogP contribution is -1.96. The Kier molecular flexibility index (Phi) is 25.6. The van der Waals surface area contributed by atoms with Crippen molar-refractivity contribution in [3.8, 4) is 220 Å². The van der Waals surface area contributed by atoms with Crippen molar-refractivity contribution in [3.63, 3.8) is 0 Å². The summed E-state index contributed by atoms with van der Waals surface area (Å²) < 4.78 is 0. The van der Waals surface area contributed by atoms with Gasteiger partial charge in [-0.25, -0.2) is 29.9 Å². The van der Waals surface area contributed by atoms with Crippen LogP contribution in [0.15, 0.2) is 528 Å². The maximum Gasteiger partial charge on any atom is 0.160 e. The lowest BCUT2D eigenvalue weighted by atomic mass is 9.90. The number of nitrogens with zero attached hydrogens (tertiary/aromatic N) is 9. The van der Waals surface area contributed by atoms with Gasteiger partial charge in [-0.15, -0.1) is 0 Å². The first-order valence-corrected chi connectivity index (χ1v) is 47.9. The summed E-state index contributed by atoms with van der Waals surface area (Å²) in [6.45, 7) is 0. The SMILES string of the molecule is N#Cc1ccc(-c2ccc(-c3ccc(-c4cccc(-c5cc(-c6ccccc6)nc(-c6ccccc6)n5)c4)c4ccccc34)cc2)cc1.N#Cc1cccc(-c2ccc(-c3ccc(-c4ccc(-c5cc(-c6ccccc6)nc(-c6ccccc6)n5)cc4)c4ccccc34)cc2)c1.N#Cc1cccc(-c2ccc(-c3ccc(-c4cccc(-c5cc(-c6ccccc6)nc(-c6ccccc6)n5)c4)c4ccccc34)cc2)c1. The number of hydrogen-bond acceptors (Lipinski definition) is 9. The third kappa shape index (κ3) is 19.4. The maximum atomic E-state index is 9.33. The van der Waals surface area contributed by atoms with E-state index in [1.807, 2.05) is 182 Å². The summed E-state index contributed by atoms with van der Waals surface area (Å²) in [4.78, 5) is 30.0. The Morgan fingerprint density at radius 2 is 0.306 bits per heavy atom. The molecular formula is C135H87N9. The Hall–Kier alpha value is -19.9. The Balaban J connectivity index is 0.000000123. The molecule has 0 fully saturated rings. The molecule has 0 atom stereocenters. The minimum Gasteiger partial charge on any atom is -0.228 e. The van der Waals surface area contributed by atoms with E-state index in [4.69, 9.17) is 35.2 Å². The monoisotopic (exact) mass is 1830 g/mol. The maximum absolute atomic E-state index is 9.33. The predicted molar refractivity (Wildman–Crippen MR) is 591 cm³/mol. The van der Waals surface area contributed by atoms with Gasteiger partial charge in [0.25, 0.3) is 0 Å². The Bertz CT molecular complexity index is 8780. The van der Waals surface area contributed by atoms with E-state index in [1.54, 1.807) is 0 Å². The van der Waals surface area contributed by atoms with E-state index in [-0.39, 0.29) is 0 Å². The van der Waals surface area contributed by atoms with Crippen LogP contribution in [0.2, 0.25) is 0 Å². The highest BCUT2D eigenvalue weighted by atomic mass is 14.9. The minimum atomic E-state index is 0.662. The topological polar surface area (TPSA) is 149 Å². The van der Waals surface area contributed by atoms with Crippen molar-refractivity contribution in [1.29, 1.82) is 15.8 Å². The van der Waals surface area contributed by atoms with Crippen molar-refractivity contribution >= 4 is 32.3 Å². The number of benzene rings is 21. The van der Waals surface area contributed by atoms with Crippen molar-refractivity contribution in [2.45, 2.75) is 0 Å². The van der Waals surface area contributed by atoms with Gasteiger partial charge in [-0.05, 0) is 199 Å². The number of hydrogen-bond donors (Lipinski definition) is 0. The molecule has 24 rings (SSSR count). The highest BCUT2D eigenvalue weighted by Crippen LogP contribution is 2.44. The molecule has 0 amide bonds. The lowest BCUT2D eigenvalue weighted by Gasteiger charge is -2.14. The number of aromatic nitrogens is 6. The zero-order valence-electron chi connectivity index (χ0n) is 78.3. The normalized spacial score (nSPS) is 10.9. The quantitative estimate of drug-likeness (QED) is 0.0818. The average Bonchev–Trinajstić information content (AvgIpc) is 0.775. The van der Waals surface area contributed by atoms with E-state index >= 15 is 0 Å². The third-order valence-corrected chi connectivity index (χ3v) is 26.3. The van der Waals surface area contributed by atoms with Crippen LogP contribution in [-0.4, -0.2) is 29.9 Å². The summed E-state index contributed by atoms with van der Waals surface area (Å²) >= 11 is 0. The van der Waals surface area contributed by atoms with Crippen molar-refractivity contribution in [1.82, 2.24) is 29.9 Å². The molecule has 0 bridgehead atoms. The first kappa shape index (κ1) is 89.3. The molecule has 0 N–H and O–H groups in total. The van der Waals surface area contributed by atoms with Gasteiger partial charge in [0.1, 0.15) is 0 Å². The summed E-state index contributed by atoms with van der Waals surface area (Å²) in [6.07, 6.45) is 0. The molecule has 9 nitrogen and oxygen atoms in total. The van der Waals surface area contributed by atoms with Crippen molar-refractivity contribution in [3.05, 3.63) is 544 Å². The van der Waals surface area contributed by atoms with Crippen LogP contribution in [0, 0.1) is 34.0 Å². The molecule has 672 valence electrons. The Morgan fingerprint density at radius 1 is 0.118 bits per heavy atom. The fourth-order valence-corrected chi connectivity index (χ4v) is 18.9. The van der Waals surface area contributed by atoms with Crippen molar-refractivity contribution in [2.75, 3.05) is 0 Å². The summed E-state index contributed by atoms with van der Waals surface area (Å²) in [7, 11) is 0. The van der Waals surface area contributed by atoms with Crippen LogP contribution >= 0.6 is 0 Å². The molecule has 21 aromatic carbocycles. The van der Waals surface area contributed by atoms with Crippen LogP contribution in [0.25, 0.3) is 234 Å². The second-order valence-corrected chi connectivity index (χ2v) is 35.2. The minimum absolute atomic E-state index is 0.662. The number of rotatable bonds is 18. The summed E-state index contributed by atoms with van der Waals surface area (Å²) in [5, 5.41) is 35.0. The largest absolute Gasteiger partial charge is 0.228 e. The van der Waals surface area contributed by atoms with E-state index in [9.17, 15) is 10.5 Å². The molecule has 0 unspecified atom stereocenters. The van der Waals surface area contributed by atoms with Gasteiger partial charge in [-0.1, -0.05) is 461 Å². The van der Waals surface area contributed by atoms with Gasteiger partial charge in [-0.3, -0.25) is 0 Å². The second kappa shape index (κ2) is 41.2. The Labute approximate surface area is 836 Å². The van der Waals surface area contributed by atoms with Gasteiger partial charge >= 0.3 is 0 Å². The molecule has 0 aliphatic carbocycles. The molecule has 0 spiro atoms. The van der Waals surface area contributed by atoms with E-state index in [0.29, 0.717) is 34.2 Å². The fraction of sp³-hybridized carbons (Fsp3) is 0. The van der Waals surface area contributed by atoms with Crippen LogP contribution < -0.4 is 0 Å². The molecule has 0 aliphatic heterocycles. The zero-order valence-corrected chi connectivity index (χ0v) is 78.3. The first-order chi connectivity index (χ1) is 71.2. The van der Waals surface area contributed by atoms with E-state index in [1.165, 1.54) is 65.7 Å². The van der Waals surface area contributed by atoms with Crippen LogP contribution in [0.5, 0.6) is 0 Å². The molecule has 0 saturated heterocycles. The van der Waals surface area contributed by atoms with Crippen LogP contribution in [0.4, 0.5) is 0 Å². The molecule has 3 aromatic heterocycles. The van der Waals surface area contributed by atoms with Crippen LogP contribution in [-0.2, 0) is 0 Å². The molecular weight excluding hydrogens is 1750 g/mol. The van der Waals surface area contributed by atoms with E-state index < -0.39 is 0 Å². The van der Waals surface area contributed by atoms with E-state index in [2.05, 4.69) is 364 Å². The molecule has 0 saturated carbocycles. The van der Waals surface area contributed by atoms with Crippen LogP contribution in [0.1, 0.15) is 16.7 Å². The molecule has 24 aromatic rings. The van der Waals surface area contributed by atoms with Gasteiger partial charge in [0.15, 0.2) is 17.5 Å². The zero-order chi connectivity index (χ0) is 96.9. The fourth-order valence-electron chi connectivity index (χ4n) is 18.9. The summed E-state index contributed by atoms with van der Waals surface area (Å²) in [6, 6.07) is 188. The highest BCUT2D eigenvalue weighted by molar-refractivity contribution is 6.08. The lowest BCUT2D eigenvalue weighted by molar-refractivity contribution is 1.18. The smallest absolute Gasteiger partial charge is 0.160 e. The standard InChI is InChI=1S/3C45H29N3/c46-30-31-11-9-16-36(27-31)32-21-23-33(24-22-32)39-25-26-40(42-20-8-7-19-41(39)42)37-17-10-18-38(28-37)44-29-43(34-12-3-1-4-13-34)47-45(48-44)35-14-5-2-6-15-35;46-30-31-10-9-15-38(28-31)32-18-20-33(21-19-32)39-26-27-40(42-17-8-7-16-41(39)42)34-22-24-36(25-23-34)44-29-43(35-11-3-1-4-12-35)47-45(48-44)37-13-5-2-6-14-37;46-30-31-18-20-32(21-19-31)33-22-24-34(25-23-33)39-26-27-40(42-17-8-7-16-41(39)42)37-14-9-15-38(28-37)44-29-43(35-10-3-1-4-11-35)47-45(48-44)36-12-5-2-6-13-36/h3*1-29H. The van der Waals surface area contributed by atoms with Gasteiger partial charge in [0.05, 0.1) is 69.1 Å². The summed E-state index contributed by atoms with van der Waals surface area (Å²) in [5.74, 6) is 2.12. The average molecular weight is 1840 g/mol. The third-order valence-electron chi connectivity index (χ3n) is 26.3. The highest BCUT2D eigenvalue weighted by Gasteiger charge is 2.21. The van der Waals surface area contributed by atoms with Gasteiger partial charge in [0, 0.05) is 50.1 Å². The molecule has 0 radical (unpaired) electrons. The summed E-state index contributed by atoms with van der Waals surface area (Å²) in [5.41, 5.74) is 37.0. The first-order valence-electron chi connectivity index (χ1n) is 47.9. The molecule has 3 heterocycles. The van der Waals surface area contributed by atoms with Gasteiger partial charge in [-0.2, -0.15) is 15.8 Å².